The van der Waals surface area contributed by atoms with Crippen molar-refractivity contribution < 1.29 is 0 Å². The van der Waals surface area contributed by atoms with Crippen LogP contribution in [0, 0.1) is 20.8 Å². The summed E-state index contributed by atoms with van der Waals surface area (Å²) in [5.41, 5.74) is 13.2. The van der Waals surface area contributed by atoms with Crippen molar-refractivity contribution in [2.75, 3.05) is 5.73 Å². The van der Waals surface area contributed by atoms with Crippen LogP contribution in [0.1, 0.15) is 22.3 Å². The van der Waals surface area contributed by atoms with Crippen molar-refractivity contribution in [3.63, 3.8) is 0 Å². The van der Waals surface area contributed by atoms with Crippen molar-refractivity contribution in [1.82, 2.24) is 9.55 Å². The van der Waals surface area contributed by atoms with Crippen LogP contribution in [0.3, 0.4) is 0 Å². The molecule has 3 rings (SSSR count). The lowest BCUT2D eigenvalue weighted by atomic mass is 10.1. The minimum absolute atomic E-state index is 0.577. The Labute approximate surface area is 119 Å². The molecule has 0 bridgehead atoms. The van der Waals surface area contributed by atoms with E-state index in [9.17, 15) is 0 Å². The molecule has 0 fully saturated rings. The molecule has 0 amide bonds. The zero-order valence-electron chi connectivity index (χ0n) is 12.1. The fraction of sp³-hybridized carbons (Fsp3) is 0.235. The van der Waals surface area contributed by atoms with E-state index in [2.05, 4.69) is 66.7 Å². The van der Waals surface area contributed by atoms with Crippen molar-refractivity contribution in [1.29, 1.82) is 0 Å². The van der Waals surface area contributed by atoms with Gasteiger partial charge in [-0.25, -0.2) is 4.98 Å². The second-order valence-corrected chi connectivity index (χ2v) is 5.41. The maximum atomic E-state index is 6.10. The van der Waals surface area contributed by atoms with Crippen LogP contribution in [0.15, 0.2) is 36.4 Å². The monoisotopic (exact) mass is 265 g/mol. The summed E-state index contributed by atoms with van der Waals surface area (Å²) in [6.07, 6.45) is 0. The summed E-state index contributed by atoms with van der Waals surface area (Å²) >= 11 is 0. The molecule has 0 aliphatic heterocycles. The molecule has 3 heteroatoms. The number of hydrogen-bond donors (Lipinski definition) is 1. The molecule has 3 nitrogen and oxygen atoms in total. The molecular formula is C17H19N3. The molecule has 0 aliphatic rings. The number of aryl methyl sites for hydroxylation is 3. The predicted molar refractivity (Wildman–Crippen MR) is 83.9 cm³/mol. The van der Waals surface area contributed by atoms with Crippen molar-refractivity contribution in [3.05, 3.63) is 58.7 Å². The molecule has 0 radical (unpaired) electrons. The first kappa shape index (κ1) is 12.7. The summed E-state index contributed by atoms with van der Waals surface area (Å²) in [5, 5.41) is 0. The van der Waals surface area contributed by atoms with Crippen LogP contribution in [0.25, 0.3) is 11.0 Å². The molecule has 0 aliphatic carbocycles. The lowest BCUT2D eigenvalue weighted by Gasteiger charge is -2.10. The second-order valence-electron chi connectivity index (χ2n) is 5.41. The van der Waals surface area contributed by atoms with E-state index in [1.807, 2.05) is 0 Å². The lowest BCUT2D eigenvalue weighted by Crippen LogP contribution is -2.05. The molecule has 1 aromatic heterocycles. The molecule has 102 valence electrons. The number of rotatable bonds is 2. The normalized spacial score (nSPS) is 11.2. The number of fused-ring (bicyclic) bond motifs is 1. The molecular weight excluding hydrogens is 246 g/mol. The van der Waals surface area contributed by atoms with E-state index >= 15 is 0 Å². The predicted octanol–water partition coefficient (Wildman–Crippen LogP) is 3.59. The van der Waals surface area contributed by atoms with Crippen molar-refractivity contribution in [2.24, 2.45) is 0 Å². The number of anilines is 1. The highest BCUT2D eigenvalue weighted by molar-refractivity contribution is 5.80. The Bertz CT molecular complexity index is 784. The molecule has 3 aromatic rings. The third kappa shape index (κ3) is 2.05. The van der Waals surface area contributed by atoms with Gasteiger partial charge >= 0.3 is 0 Å². The summed E-state index contributed by atoms with van der Waals surface area (Å²) in [6.45, 7) is 7.11. The first-order valence-corrected chi connectivity index (χ1v) is 6.83. The Balaban J connectivity index is 2.14. The van der Waals surface area contributed by atoms with Gasteiger partial charge in [0.05, 0.1) is 17.6 Å². The van der Waals surface area contributed by atoms with E-state index in [-0.39, 0.29) is 0 Å². The van der Waals surface area contributed by atoms with Gasteiger partial charge in [0.1, 0.15) is 0 Å². The Hall–Kier alpha value is -2.29. The molecule has 2 N–H and O–H groups in total. The molecule has 0 atom stereocenters. The van der Waals surface area contributed by atoms with Crippen molar-refractivity contribution in [2.45, 2.75) is 27.3 Å². The maximum absolute atomic E-state index is 6.10. The van der Waals surface area contributed by atoms with Gasteiger partial charge < -0.3 is 10.3 Å². The SMILES string of the molecule is Cc1cc2nc(N)n(Cc3ccccc3C)c2cc1C. The summed E-state index contributed by atoms with van der Waals surface area (Å²) in [6, 6.07) is 12.7. The number of nitrogens with two attached hydrogens (primary N) is 1. The van der Waals surface area contributed by atoms with Crippen LogP contribution < -0.4 is 5.73 Å². The molecule has 20 heavy (non-hydrogen) atoms. The van der Waals surface area contributed by atoms with Crippen LogP contribution in [0.5, 0.6) is 0 Å². The van der Waals surface area contributed by atoms with Gasteiger partial charge in [0.25, 0.3) is 0 Å². The Morgan fingerprint density at radius 2 is 1.70 bits per heavy atom. The van der Waals surface area contributed by atoms with Crippen molar-refractivity contribution >= 4 is 17.0 Å². The van der Waals surface area contributed by atoms with Gasteiger partial charge in [0.15, 0.2) is 0 Å². The smallest absolute Gasteiger partial charge is 0.201 e. The van der Waals surface area contributed by atoms with Gasteiger partial charge in [-0.3, -0.25) is 0 Å². The van der Waals surface area contributed by atoms with E-state index in [4.69, 9.17) is 5.73 Å². The highest BCUT2D eigenvalue weighted by Crippen LogP contribution is 2.23. The number of benzene rings is 2. The fourth-order valence-corrected chi connectivity index (χ4v) is 2.52. The Morgan fingerprint density at radius 1 is 1.00 bits per heavy atom. The van der Waals surface area contributed by atoms with Crippen LogP contribution in [0.2, 0.25) is 0 Å². The van der Waals surface area contributed by atoms with Crippen LogP contribution in [0.4, 0.5) is 5.95 Å². The van der Waals surface area contributed by atoms with Gasteiger partial charge in [-0.2, -0.15) is 0 Å². The standard InChI is InChI=1S/C17H19N3/c1-11-6-4-5-7-14(11)10-20-16-9-13(3)12(2)8-15(16)19-17(20)18/h4-9H,10H2,1-3H3,(H2,18,19). The first-order valence-electron chi connectivity index (χ1n) is 6.83. The van der Waals surface area contributed by atoms with Crippen LogP contribution in [-0.4, -0.2) is 9.55 Å². The maximum Gasteiger partial charge on any atom is 0.201 e. The van der Waals surface area contributed by atoms with Gasteiger partial charge in [0, 0.05) is 0 Å². The first-order chi connectivity index (χ1) is 9.56. The fourth-order valence-electron chi connectivity index (χ4n) is 2.52. The number of nitrogen functional groups attached to an aromatic ring is 1. The Kier molecular flexibility index (Phi) is 2.97. The highest BCUT2D eigenvalue weighted by Gasteiger charge is 2.10. The highest BCUT2D eigenvalue weighted by atomic mass is 15.1. The number of nitrogens with zero attached hydrogens (tertiary/aromatic N) is 2. The van der Waals surface area contributed by atoms with Gasteiger partial charge in [0.2, 0.25) is 5.95 Å². The van der Waals surface area contributed by atoms with Gasteiger partial charge in [-0.15, -0.1) is 0 Å². The van der Waals surface area contributed by atoms with Gasteiger partial charge in [-0.05, 0) is 55.2 Å². The van der Waals surface area contributed by atoms with E-state index in [1.54, 1.807) is 0 Å². The van der Waals surface area contributed by atoms with E-state index in [1.165, 1.54) is 22.3 Å². The average Bonchev–Trinajstić information content (AvgIpc) is 2.69. The minimum Gasteiger partial charge on any atom is -0.369 e. The van der Waals surface area contributed by atoms with E-state index in [0.29, 0.717) is 5.95 Å². The summed E-state index contributed by atoms with van der Waals surface area (Å²) in [4.78, 5) is 4.48. The summed E-state index contributed by atoms with van der Waals surface area (Å²) < 4.78 is 2.09. The molecule has 0 unspecified atom stereocenters. The quantitative estimate of drug-likeness (QED) is 0.769. The number of hydrogen-bond acceptors (Lipinski definition) is 2. The zero-order valence-corrected chi connectivity index (χ0v) is 12.1. The molecule has 0 saturated heterocycles. The molecule has 2 aromatic carbocycles. The number of aromatic nitrogens is 2. The van der Waals surface area contributed by atoms with E-state index in [0.717, 1.165) is 17.6 Å². The molecule has 0 spiro atoms. The third-order valence-electron chi connectivity index (χ3n) is 3.98. The average molecular weight is 265 g/mol. The Morgan fingerprint density at radius 3 is 2.45 bits per heavy atom. The van der Waals surface area contributed by atoms with Crippen molar-refractivity contribution in [3.8, 4) is 0 Å². The summed E-state index contributed by atoms with van der Waals surface area (Å²) in [7, 11) is 0. The van der Waals surface area contributed by atoms with E-state index < -0.39 is 0 Å². The van der Waals surface area contributed by atoms with Crippen LogP contribution >= 0.6 is 0 Å². The van der Waals surface area contributed by atoms with Gasteiger partial charge in [-0.1, -0.05) is 24.3 Å². The minimum atomic E-state index is 0.577. The lowest BCUT2D eigenvalue weighted by molar-refractivity contribution is 0.832. The summed E-state index contributed by atoms with van der Waals surface area (Å²) in [5.74, 6) is 0.577. The largest absolute Gasteiger partial charge is 0.369 e. The third-order valence-corrected chi connectivity index (χ3v) is 3.98. The zero-order chi connectivity index (χ0) is 14.3. The molecule has 1 heterocycles. The second kappa shape index (κ2) is 4.67. The number of imidazole rings is 1. The molecule has 0 saturated carbocycles. The topological polar surface area (TPSA) is 43.8 Å². The van der Waals surface area contributed by atoms with Crippen LogP contribution in [-0.2, 0) is 6.54 Å².